The smallest absolute Gasteiger partial charge is 0.171 e. The zero-order valence-electron chi connectivity index (χ0n) is 5.47. The van der Waals surface area contributed by atoms with Crippen LogP contribution >= 0.6 is 11.6 Å². The molecule has 0 atom stereocenters. The lowest BCUT2D eigenvalue weighted by molar-refractivity contribution is 0.553. The molecule has 11 heavy (non-hydrogen) atoms. The van der Waals surface area contributed by atoms with Crippen molar-refractivity contribution >= 4 is 17.4 Å². The van der Waals surface area contributed by atoms with Crippen LogP contribution in [0, 0.1) is 5.82 Å². The van der Waals surface area contributed by atoms with E-state index in [2.05, 4.69) is 0 Å². The molecule has 0 bridgehead atoms. The standard InChI is InChI=1S/C8H4ClFO/c9-5-1-2-6(7(10)3-5)8-4-11-8/h1-4H. The summed E-state index contributed by atoms with van der Waals surface area (Å²) in [5.74, 6) is 0.236. The van der Waals surface area contributed by atoms with Gasteiger partial charge in [-0.05, 0) is 18.2 Å². The maximum absolute atomic E-state index is 12.9. The van der Waals surface area contributed by atoms with Crippen LogP contribution in [0.15, 0.2) is 24.5 Å². The van der Waals surface area contributed by atoms with Gasteiger partial charge in [0.25, 0.3) is 0 Å². The molecule has 1 heterocycles. The van der Waals surface area contributed by atoms with Crippen molar-refractivity contribution in [3.05, 3.63) is 40.9 Å². The van der Waals surface area contributed by atoms with Gasteiger partial charge in [0.2, 0.25) is 0 Å². The monoisotopic (exact) mass is 170 g/mol. The number of halogens is 2. The summed E-state index contributed by atoms with van der Waals surface area (Å²) in [5.41, 5.74) is 0.467. The van der Waals surface area contributed by atoms with Crippen molar-refractivity contribution in [3.8, 4) is 0 Å². The second-order valence-electron chi connectivity index (χ2n) is 2.22. The molecule has 1 aromatic carbocycles. The average Bonchev–Trinajstić information content (AvgIpc) is 2.70. The van der Waals surface area contributed by atoms with Crippen molar-refractivity contribution in [3.63, 3.8) is 0 Å². The van der Waals surface area contributed by atoms with E-state index in [4.69, 9.17) is 16.3 Å². The molecule has 56 valence electrons. The normalized spacial score (nSPS) is 13.8. The fourth-order valence-electron chi connectivity index (χ4n) is 0.846. The molecule has 0 saturated heterocycles. The predicted molar refractivity (Wildman–Crippen MR) is 40.5 cm³/mol. The fraction of sp³-hybridized carbons (Fsp3) is 0. The predicted octanol–water partition coefficient (Wildman–Crippen LogP) is 2.81. The molecule has 3 heteroatoms. The van der Waals surface area contributed by atoms with Crippen LogP contribution in [-0.2, 0) is 4.74 Å². The number of hydrogen-bond donors (Lipinski definition) is 0. The Labute approximate surface area is 68.0 Å². The van der Waals surface area contributed by atoms with Gasteiger partial charge in [0.1, 0.15) is 12.1 Å². The second-order valence-corrected chi connectivity index (χ2v) is 2.66. The lowest BCUT2D eigenvalue weighted by atomic mass is 10.2. The first kappa shape index (κ1) is 6.68. The second kappa shape index (κ2) is 2.24. The van der Waals surface area contributed by atoms with E-state index >= 15 is 0 Å². The SMILES string of the molecule is Fc1cc(Cl)ccc1C1=CO1. The third kappa shape index (κ3) is 1.21. The lowest BCUT2D eigenvalue weighted by Crippen LogP contribution is -1.82. The van der Waals surface area contributed by atoms with Gasteiger partial charge in [-0.3, -0.25) is 0 Å². The summed E-state index contributed by atoms with van der Waals surface area (Å²) in [6, 6.07) is 4.48. The van der Waals surface area contributed by atoms with Crippen molar-refractivity contribution in [2.75, 3.05) is 0 Å². The van der Waals surface area contributed by atoms with E-state index in [-0.39, 0.29) is 5.82 Å². The van der Waals surface area contributed by atoms with Gasteiger partial charge in [0, 0.05) is 5.02 Å². The van der Waals surface area contributed by atoms with Gasteiger partial charge in [-0.1, -0.05) is 11.6 Å². The van der Waals surface area contributed by atoms with Gasteiger partial charge in [0.05, 0.1) is 5.56 Å². The molecule has 0 aromatic heterocycles. The minimum atomic E-state index is -0.346. The molecule has 0 unspecified atom stereocenters. The molecule has 2 rings (SSSR count). The molecule has 1 aliphatic rings. The zero-order chi connectivity index (χ0) is 7.84. The molecule has 0 fully saturated rings. The minimum absolute atomic E-state index is 0.346. The Morgan fingerprint density at radius 3 is 2.64 bits per heavy atom. The van der Waals surface area contributed by atoms with E-state index in [0.29, 0.717) is 16.3 Å². The van der Waals surface area contributed by atoms with Crippen LogP contribution in [0.25, 0.3) is 5.76 Å². The summed E-state index contributed by atoms with van der Waals surface area (Å²) < 4.78 is 17.7. The molecular formula is C8H4ClFO. The van der Waals surface area contributed by atoms with Crippen molar-refractivity contribution in [1.82, 2.24) is 0 Å². The Morgan fingerprint density at radius 2 is 2.09 bits per heavy atom. The fourth-order valence-corrected chi connectivity index (χ4v) is 1.00. The van der Waals surface area contributed by atoms with E-state index in [1.807, 2.05) is 0 Å². The highest BCUT2D eigenvalue weighted by Gasteiger charge is 2.17. The van der Waals surface area contributed by atoms with Gasteiger partial charge in [0.15, 0.2) is 5.76 Å². The lowest BCUT2D eigenvalue weighted by Gasteiger charge is -1.95. The van der Waals surface area contributed by atoms with Crippen molar-refractivity contribution in [1.29, 1.82) is 0 Å². The van der Waals surface area contributed by atoms with E-state index in [1.165, 1.54) is 12.3 Å². The van der Waals surface area contributed by atoms with E-state index in [0.717, 1.165) is 0 Å². The van der Waals surface area contributed by atoms with Crippen molar-refractivity contribution < 1.29 is 9.13 Å². The van der Waals surface area contributed by atoms with Crippen LogP contribution in [0.5, 0.6) is 0 Å². The van der Waals surface area contributed by atoms with Crippen LogP contribution in [0.1, 0.15) is 5.56 Å². The summed E-state index contributed by atoms with van der Waals surface area (Å²) >= 11 is 5.54. The Hall–Kier alpha value is -1.02. The molecule has 0 spiro atoms. The summed E-state index contributed by atoms with van der Waals surface area (Å²) in [6.45, 7) is 0. The molecule has 0 radical (unpaired) electrons. The highest BCUT2D eigenvalue weighted by Crippen LogP contribution is 2.29. The number of ether oxygens (including phenoxy) is 1. The van der Waals surface area contributed by atoms with E-state index in [1.54, 1.807) is 12.1 Å². The molecule has 1 nitrogen and oxygen atoms in total. The third-order valence-electron chi connectivity index (χ3n) is 1.43. The maximum atomic E-state index is 12.9. The van der Waals surface area contributed by atoms with Crippen LogP contribution in [0.2, 0.25) is 5.02 Å². The van der Waals surface area contributed by atoms with Crippen LogP contribution in [-0.4, -0.2) is 0 Å². The zero-order valence-corrected chi connectivity index (χ0v) is 6.23. The number of rotatable bonds is 1. The van der Waals surface area contributed by atoms with Crippen LogP contribution in [0.4, 0.5) is 4.39 Å². The first-order valence-corrected chi connectivity index (χ1v) is 3.47. The van der Waals surface area contributed by atoms with Crippen molar-refractivity contribution in [2.45, 2.75) is 0 Å². The molecule has 1 aromatic rings. The molecule has 0 aliphatic carbocycles. The molecule has 0 amide bonds. The van der Waals surface area contributed by atoms with Crippen LogP contribution < -0.4 is 0 Å². The first-order chi connectivity index (χ1) is 5.27. The van der Waals surface area contributed by atoms with Crippen molar-refractivity contribution in [2.24, 2.45) is 0 Å². The third-order valence-corrected chi connectivity index (χ3v) is 1.67. The van der Waals surface area contributed by atoms with E-state index in [9.17, 15) is 4.39 Å². The topological polar surface area (TPSA) is 12.5 Å². The Kier molecular flexibility index (Phi) is 1.36. The molecule has 0 N–H and O–H groups in total. The Morgan fingerprint density at radius 1 is 1.36 bits per heavy atom. The average molecular weight is 171 g/mol. The van der Waals surface area contributed by atoms with Crippen LogP contribution in [0.3, 0.4) is 0 Å². The molecular weight excluding hydrogens is 167 g/mol. The minimum Gasteiger partial charge on any atom is -0.457 e. The highest BCUT2D eigenvalue weighted by atomic mass is 35.5. The van der Waals surface area contributed by atoms with Gasteiger partial charge < -0.3 is 4.74 Å². The van der Waals surface area contributed by atoms with E-state index < -0.39 is 0 Å². The first-order valence-electron chi connectivity index (χ1n) is 3.09. The van der Waals surface area contributed by atoms with Gasteiger partial charge in [-0.25, -0.2) is 4.39 Å². The summed E-state index contributed by atoms with van der Waals surface area (Å²) in [5, 5.41) is 0.396. The highest BCUT2D eigenvalue weighted by molar-refractivity contribution is 6.30. The number of benzene rings is 1. The van der Waals surface area contributed by atoms with Gasteiger partial charge in [-0.2, -0.15) is 0 Å². The maximum Gasteiger partial charge on any atom is 0.171 e. The number of hydrogen-bond acceptors (Lipinski definition) is 1. The Balaban J connectivity index is 2.48. The summed E-state index contributed by atoms with van der Waals surface area (Å²) in [4.78, 5) is 0. The Bertz CT molecular complexity index is 333. The summed E-state index contributed by atoms with van der Waals surface area (Å²) in [7, 11) is 0. The quantitative estimate of drug-likeness (QED) is 0.632. The van der Waals surface area contributed by atoms with Gasteiger partial charge >= 0.3 is 0 Å². The molecule has 0 saturated carbocycles. The summed E-state index contributed by atoms with van der Waals surface area (Å²) in [6.07, 6.45) is 1.49. The van der Waals surface area contributed by atoms with Gasteiger partial charge in [-0.15, -0.1) is 0 Å². The molecule has 1 aliphatic heterocycles. The largest absolute Gasteiger partial charge is 0.457 e.